The lowest BCUT2D eigenvalue weighted by atomic mass is 10.0. The zero-order chi connectivity index (χ0) is 29.4. The van der Waals surface area contributed by atoms with Crippen molar-refractivity contribution >= 4 is 33.0 Å². The molecule has 2 saturated heterocycles. The molecule has 2 fully saturated rings. The highest BCUT2D eigenvalue weighted by Gasteiger charge is 2.62. The molecule has 0 bridgehead atoms. The van der Waals surface area contributed by atoms with E-state index < -0.39 is 23.0 Å². The Morgan fingerprint density at radius 1 is 0.825 bits per heavy atom. The quantitative estimate of drug-likeness (QED) is 0.376. The fraction of sp³-hybridized carbons (Fsp3) is 0.606. The Bertz CT molecular complexity index is 1080. The van der Waals surface area contributed by atoms with Crippen LogP contribution in [0.15, 0.2) is 60.7 Å². The van der Waals surface area contributed by atoms with Crippen LogP contribution < -0.4 is 10.4 Å². The fourth-order valence-electron chi connectivity index (χ4n) is 6.93. The van der Waals surface area contributed by atoms with Gasteiger partial charge in [-0.15, -0.1) is 0 Å². The van der Waals surface area contributed by atoms with Crippen LogP contribution in [0.5, 0.6) is 0 Å². The van der Waals surface area contributed by atoms with E-state index in [9.17, 15) is 4.79 Å². The molecular formula is C33H50O5Si2. The Morgan fingerprint density at radius 3 is 1.82 bits per heavy atom. The Balaban J connectivity index is 1.64. The summed E-state index contributed by atoms with van der Waals surface area (Å²) in [5.74, 6) is 0.108. The van der Waals surface area contributed by atoms with Crippen molar-refractivity contribution in [3.05, 3.63) is 60.7 Å². The molecule has 0 radical (unpaired) electrons. The largest absolute Gasteiger partial charge is 0.404 e. The van der Waals surface area contributed by atoms with Crippen molar-refractivity contribution < 1.29 is 22.8 Å². The van der Waals surface area contributed by atoms with Crippen LogP contribution in [-0.2, 0) is 22.8 Å². The van der Waals surface area contributed by atoms with Gasteiger partial charge in [-0.05, 0) is 28.3 Å². The van der Waals surface area contributed by atoms with Crippen molar-refractivity contribution in [3.8, 4) is 0 Å². The second kappa shape index (κ2) is 11.6. The number of benzene rings is 2. The van der Waals surface area contributed by atoms with Gasteiger partial charge in [-0.1, -0.05) is 123 Å². The summed E-state index contributed by atoms with van der Waals surface area (Å²) in [6, 6.07) is 21.1. The maximum atomic E-state index is 13.5. The van der Waals surface area contributed by atoms with Crippen LogP contribution >= 0.6 is 0 Å². The highest BCUT2D eigenvalue weighted by molar-refractivity contribution is 6.99. The lowest BCUT2D eigenvalue weighted by Crippen LogP contribution is -2.68. The van der Waals surface area contributed by atoms with E-state index in [-0.39, 0.29) is 39.7 Å². The molecule has 2 aliphatic rings. The van der Waals surface area contributed by atoms with E-state index in [1.54, 1.807) is 0 Å². The molecule has 0 spiro atoms. The standard InChI is InChI=1S/C33H50O5Si2/c1-31(2,3)39(25-17-12-10-13-18-25,26-19-14-11-15-20-26)35-23-29-27(34)21-16-22-28-30(37-29)24-36-40(38-28,32(4,5)6)33(7,8)9/h10-15,17-20,28-30H,16,21-24H2,1-9H3/t28-,29+,30+/m0/s1. The topological polar surface area (TPSA) is 54.0 Å². The number of hydrogen-bond acceptors (Lipinski definition) is 5. The summed E-state index contributed by atoms with van der Waals surface area (Å²) in [5, 5.41) is 2.02. The number of ether oxygens (including phenoxy) is 1. The zero-order valence-electron chi connectivity index (χ0n) is 26.1. The van der Waals surface area contributed by atoms with E-state index in [1.165, 1.54) is 10.4 Å². The molecule has 5 nitrogen and oxygen atoms in total. The van der Waals surface area contributed by atoms with Crippen LogP contribution in [0, 0.1) is 0 Å². The Labute approximate surface area is 244 Å². The van der Waals surface area contributed by atoms with Crippen molar-refractivity contribution in [3.63, 3.8) is 0 Å². The van der Waals surface area contributed by atoms with E-state index >= 15 is 0 Å². The minimum Gasteiger partial charge on any atom is -0.404 e. The Morgan fingerprint density at radius 2 is 1.35 bits per heavy atom. The number of carbonyl (C=O) groups is 1. The van der Waals surface area contributed by atoms with Gasteiger partial charge in [-0.25, -0.2) is 0 Å². The molecule has 0 N–H and O–H groups in total. The lowest BCUT2D eigenvalue weighted by molar-refractivity contribution is -0.163. The molecule has 2 aromatic rings. The minimum absolute atomic E-state index is 0.0812. The van der Waals surface area contributed by atoms with E-state index in [0.717, 1.165) is 12.8 Å². The molecule has 2 aromatic carbocycles. The van der Waals surface area contributed by atoms with Gasteiger partial charge in [-0.3, -0.25) is 4.79 Å². The number of rotatable bonds is 5. The highest BCUT2D eigenvalue weighted by atomic mass is 28.4. The monoisotopic (exact) mass is 582 g/mol. The molecule has 0 unspecified atom stereocenters. The van der Waals surface area contributed by atoms with Crippen LogP contribution in [0.25, 0.3) is 0 Å². The van der Waals surface area contributed by atoms with Gasteiger partial charge >= 0.3 is 8.56 Å². The number of fused-ring (bicyclic) bond motifs is 1. The number of hydrogen-bond donors (Lipinski definition) is 0. The molecule has 0 amide bonds. The molecule has 220 valence electrons. The van der Waals surface area contributed by atoms with Crippen molar-refractivity contribution in [2.75, 3.05) is 13.2 Å². The molecule has 40 heavy (non-hydrogen) atoms. The van der Waals surface area contributed by atoms with Gasteiger partial charge in [0, 0.05) is 16.5 Å². The summed E-state index contributed by atoms with van der Waals surface area (Å²) in [6.45, 7) is 20.8. The fourth-order valence-corrected chi connectivity index (χ4v) is 16.5. The number of Topliss-reactive ketones (excluding diaryl/α,β-unsaturated/α-hetero) is 1. The summed E-state index contributed by atoms with van der Waals surface area (Å²) >= 11 is 0. The summed E-state index contributed by atoms with van der Waals surface area (Å²) in [7, 11) is -5.42. The SMILES string of the molecule is CC(C)(C)[Si](OC[C@H]1O[C@@H]2CO[Si](C(C)(C)C)(C(C)(C)C)O[C@H]2CCCC1=O)(c1ccccc1)c1ccccc1. The maximum absolute atomic E-state index is 13.5. The second-order valence-corrected chi connectivity index (χ2v) is 23.6. The third-order valence-corrected chi connectivity index (χ3v) is 18.8. The van der Waals surface area contributed by atoms with E-state index in [2.05, 4.69) is 111 Å². The van der Waals surface area contributed by atoms with E-state index in [0.29, 0.717) is 13.0 Å². The van der Waals surface area contributed by atoms with Gasteiger partial charge in [0.15, 0.2) is 5.78 Å². The summed E-state index contributed by atoms with van der Waals surface area (Å²) in [4.78, 5) is 13.5. The Hall–Kier alpha value is -1.62. The molecule has 2 aliphatic heterocycles. The maximum Gasteiger partial charge on any atom is 0.349 e. The van der Waals surface area contributed by atoms with Gasteiger partial charge < -0.3 is 18.0 Å². The van der Waals surface area contributed by atoms with Crippen molar-refractivity contribution in [1.29, 1.82) is 0 Å². The molecule has 4 rings (SSSR count). The van der Waals surface area contributed by atoms with Gasteiger partial charge in [-0.2, -0.15) is 0 Å². The van der Waals surface area contributed by atoms with Crippen LogP contribution in [0.3, 0.4) is 0 Å². The summed E-state index contributed by atoms with van der Waals surface area (Å²) < 4.78 is 27.5. The molecule has 0 aliphatic carbocycles. The molecule has 0 saturated carbocycles. The first kappa shape index (κ1) is 31.3. The van der Waals surface area contributed by atoms with Gasteiger partial charge in [0.2, 0.25) is 0 Å². The summed E-state index contributed by atoms with van der Waals surface area (Å²) in [5.41, 5.74) is 0. The van der Waals surface area contributed by atoms with Gasteiger partial charge in [0.1, 0.15) is 12.2 Å². The first-order chi connectivity index (χ1) is 18.6. The first-order valence-electron chi connectivity index (χ1n) is 14.9. The minimum atomic E-state index is -2.80. The zero-order valence-corrected chi connectivity index (χ0v) is 28.1. The normalized spacial score (nSPS) is 24.6. The van der Waals surface area contributed by atoms with Crippen LogP contribution in [0.1, 0.15) is 81.6 Å². The van der Waals surface area contributed by atoms with Crippen LogP contribution in [0.2, 0.25) is 15.1 Å². The second-order valence-electron chi connectivity index (χ2n) is 14.6. The van der Waals surface area contributed by atoms with Crippen LogP contribution in [-0.4, -0.2) is 54.2 Å². The molecule has 7 heteroatoms. The highest BCUT2D eigenvalue weighted by Crippen LogP contribution is 2.54. The number of ketones is 1. The average Bonchev–Trinajstić information content (AvgIpc) is 2.87. The van der Waals surface area contributed by atoms with Crippen molar-refractivity contribution in [1.82, 2.24) is 0 Å². The first-order valence-corrected chi connectivity index (χ1v) is 18.6. The third kappa shape index (κ3) is 5.83. The van der Waals surface area contributed by atoms with Crippen molar-refractivity contribution in [2.24, 2.45) is 0 Å². The third-order valence-electron chi connectivity index (χ3n) is 8.64. The molecule has 3 atom stereocenters. The molecule has 0 aromatic heterocycles. The van der Waals surface area contributed by atoms with Gasteiger partial charge in [0.05, 0.1) is 19.3 Å². The predicted molar refractivity (Wildman–Crippen MR) is 167 cm³/mol. The van der Waals surface area contributed by atoms with Crippen molar-refractivity contribution in [2.45, 2.75) is 115 Å². The number of carbonyl (C=O) groups excluding carboxylic acids is 1. The van der Waals surface area contributed by atoms with E-state index in [4.69, 9.17) is 18.0 Å². The molecular weight excluding hydrogens is 533 g/mol. The summed E-state index contributed by atoms with van der Waals surface area (Å²) in [6.07, 6.45) is 1.05. The Kier molecular flexibility index (Phi) is 9.06. The van der Waals surface area contributed by atoms with E-state index in [1.807, 2.05) is 12.1 Å². The molecule has 2 heterocycles. The lowest BCUT2D eigenvalue weighted by Gasteiger charge is -2.55. The van der Waals surface area contributed by atoms with Gasteiger partial charge in [0.25, 0.3) is 8.32 Å². The average molecular weight is 583 g/mol. The predicted octanol–water partition coefficient (Wildman–Crippen LogP) is 6.53. The smallest absolute Gasteiger partial charge is 0.349 e. The van der Waals surface area contributed by atoms with Crippen LogP contribution in [0.4, 0.5) is 0 Å².